The third kappa shape index (κ3) is 4.15. The smallest absolute Gasteiger partial charge is 0.256 e. The van der Waals surface area contributed by atoms with Crippen LogP contribution in [0.5, 0.6) is 5.75 Å². The van der Waals surface area contributed by atoms with Crippen LogP contribution in [0.3, 0.4) is 0 Å². The molecule has 3 heterocycles. The van der Waals surface area contributed by atoms with E-state index in [0.717, 1.165) is 24.1 Å². The van der Waals surface area contributed by atoms with Crippen LogP contribution in [0.25, 0.3) is 5.69 Å². The number of fused-ring (bicyclic) bond motifs is 1. The molecule has 178 valence electrons. The molecule has 2 aliphatic heterocycles. The van der Waals surface area contributed by atoms with E-state index >= 15 is 0 Å². The van der Waals surface area contributed by atoms with E-state index < -0.39 is 26.7 Å². The number of sulfonamides is 1. The van der Waals surface area contributed by atoms with E-state index in [-0.39, 0.29) is 4.90 Å². The minimum absolute atomic E-state index is 0.172. The molecule has 0 bridgehead atoms. The molecule has 0 spiro atoms. The summed E-state index contributed by atoms with van der Waals surface area (Å²) < 4.78 is 45.9. The van der Waals surface area contributed by atoms with Crippen LogP contribution in [0.15, 0.2) is 53.4 Å². The van der Waals surface area contributed by atoms with E-state index in [4.69, 9.17) is 4.74 Å². The molecule has 1 atom stereocenters. The quantitative estimate of drug-likeness (QED) is 0.557. The van der Waals surface area contributed by atoms with Gasteiger partial charge in [0.1, 0.15) is 11.6 Å². The number of carbonyl (C=O) groups is 1. The van der Waals surface area contributed by atoms with E-state index in [9.17, 15) is 17.4 Å². The maximum absolute atomic E-state index is 13.1. The molecule has 11 heteroatoms. The zero-order chi connectivity index (χ0) is 23.9. The van der Waals surface area contributed by atoms with Crippen LogP contribution >= 0.6 is 0 Å². The molecular weight excluding hydrogens is 476 g/mol. The Hall–Kier alpha value is -3.02. The number of hydrogen-bond donors (Lipinski definition) is 1. The molecule has 0 unspecified atom stereocenters. The molecule has 0 saturated carbocycles. The lowest BCUT2D eigenvalue weighted by Gasteiger charge is -2.15. The van der Waals surface area contributed by atoms with Gasteiger partial charge in [0, 0.05) is 35.0 Å². The average molecular weight is 501 g/mol. The van der Waals surface area contributed by atoms with Crippen molar-refractivity contribution >= 4 is 32.5 Å². The van der Waals surface area contributed by atoms with Gasteiger partial charge in [0.25, 0.3) is 5.91 Å². The second kappa shape index (κ2) is 8.97. The van der Waals surface area contributed by atoms with Crippen LogP contribution in [-0.4, -0.2) is 52.8 Å². The number of rotatable bonds is 6. The fraction of sp³-hybridized carbons (Fsp3) is 0.304. The number of aromatic nitrogens is 2. The highest BCUT2D eigenvalue weighted by Crippen LogP contribution is 2.32. The topological polar surface area (TPSA) is 111 Å². The first-order valence-corrected chi connectivity index (χ1v) is 13.8. The van der Waals surface area contributed by atoms with Crippen LogP contribution in [-0.2, 0) is 32.3 Å². The number of nitrogens with one attached hydrogen (secondary N) is 1. The van der Waals surface area contributed by atoms with Crippen LogP contribution < -0.4 is 10.1 Å². The first-order chi connectivity index (χ1) is 16.4. The van der Waals surface area contributed by atoms with Crippen LogP contribution in [0.4, 0.5) is 5.82 Å². The van der Waals surface area contributed by atoms with Crippen molar-refractivity contribution in [1.29, 1.82) is 0 Å². The lowest BCUT2D eigenvalue weighted by atomic mass is 10.2. The van der Waals surface area contributed by atoms with Gasteiger partial charge in [-0.3, -0.25) is 9.00 Å². The van der Waals surface area contributed by atoms with Crippen LogP contribution in [0.1, 0.15) is 34.5 Å². The van der Waals surface area contributed by atoms with Crippen molar-refractivity contribution in [1.82, 2.24) is 14.1 Å². The van der Waals surface area contributed by atoms with Gasteiger partial charge in [0.15, 0.2) is 0 Å². The molecule has 34 heavy (non-hydrogen) atoms. The molecule has 2 aromatic carbocycles. The van der Waals surface area contributed by atoms with Gasteiger partial charge in [-0.05, 0) is 61.4 Å². The number of methoxy groups -OCH3 is 1. The maximum Gasteiger partial charge on any atom is 0.256 e. The molecule has 3 aromatic rings. The van der Waals surface area contributed by atoms with Gasteiger partial charge in [-0.15, -0.1) is 0 Å². The van der Waals surface area contributed by atoms with Gasteiger partial charge >= 0.3 is 0 Å². The van der Waals surface area contributed by atoms with Gasteiger partial charge in [0.05, 0.1) is 34.9 Å². The second-order valence-corrected chi connectivity index (χ2v) is 11.6. The monoisotopic (exact) mass is 500 g/mol. The van der Waals surface area contributed by atoms with Gasteiger partial charge in [-0.25, -0.2) is 13.1 Å². The summed E-state index contributed by atoms with van der Waals surface area (Å²) in [4.78, 5) is 13.3. The Balaban J connectivity index is 1.42. The molecule has 1 aromatic heterocycles. The summed E-state index contributed by atoms with van der Waals surface area (Å²) in [7, 11) is -3.03. The van der Waals surface area contributed by atoms with Crippen molar-refractivity contribution in [3.05, 3.63) is 65.4 Å². The average Bonchev–Trinajstić information content (AvgIpc) is 3.57. The predicted octanol–water partition coefficient (Wildman–Crippen LogP) is 2.68. The lowest BCUT2D eigenvalue weighted by Crippen LogP contribution is -2.27. The maximum atomic E-state index is 13.1. The Morgan fingerprint density at radius 3 is 2.35 bits per heavy atom. The summed E-state index contributed by atoms with van der Waals surface area (Å²) in [5.41, 5.74) is 2.48. The number of anilines is 1. The van der Waals surface area contributed by atoms with Crippen LogP contribution in [0.2, 0.25) is 0 Å². The highest BCUT2D eigenvalue weighted by molar-refractivity contribution is 7.89. The fourth-order valence-corrected chi connectivity index (χ4v) is 6.98. The van der Waals surface area contributed by atoms with Crippen molar-refractivity contribution in [3.63, 3.8) is 0 Å². The molecule has 2 aliphatic rings. The van der Waals surface area contributed by atoms with E-state index in [1.165, 1.54) is 28.6 Å². The molecule has 9 nitrogen and oxygen atoms in total. The first-order valence-electron chi connectivity index (χ1n) is 10.9. The second-order valence-electron chi connectivity index (χ2n) is 8.20. The Labute approximate surface area is 200 Å². The summed E-state index contributed by atoms with van der Waals surface area (Å²) in [5, 5.41) is 7.49. The van der Waals surface area contributed by atoms with Gasteiger partial charge in [0.2, 0.25) is 10.0 Å². The Kier molecular flexibility index (Phi) is 6.00. The van der Waals surface area contributed by atoms with Crippen molar-refractivity contribution in [3.8, 4) is 11.4 Å². The van der Waals surface area contributed by atoms with E-state index in [1.54, 1.807) is 23.9 Å². The molecule has 5 rings (SSSR count). The zero-order valence-electron chi connectivity index (χ0n) is 18.6. The molecular formula is C23H24N4O5S2. The Bertz CT molecular complexity index is 1360. The molecule has 1 amide bonds. The van der Waals surface area contributed by atoms with E-state index in [0.29, 0.717) is 47.4 Å². The number of nitrogens with zero attached hydrogens (tertiary/aromatic N) is 3. The fourth-order valence-electron chi connectivity index (χ4n) is 4.20. The SMILES string of the molecule is COc1ccc(-n2nc3c(c2NC(=O)c2ccc(S(=O)(=O)N4CCCC4)cc2)C[S@](=O)C3)cc1. The minimum atomic E-state index is -3.55. The number of hydrogen-bond acceptors (Lipinski definition) is 6. The Morgan fingerprint density at radius 2 is 1.71 bits per heavy atom. The standard InChI is InChI=1S/C23H24N4O5S2/c1-32-18-8-6-17(7-9-18)27-22(20-14-33(29)15-21(20)25-27)24-23(28)16-4-10-19(11-5-16)34(30,31)26-12-2-3-13-26/h4-11H,2-3,12-15H2,1H3,(H,24,28)/t33-/m0/s1. The van der Waals surface area contributed by atoms with E-state index in [1.807, 2.05) is 12.1 Å². The predicted molar refractivity (Wildman–Crippen MR) is 128 cm³/mol. The van der Waals surface area contributed by atoms with Crippen molar-refractivity contribution in [2.75, 3.05) is 25.5 Å². The third-order valence-corrected chi connectivity index (χ3v) is 9.16. The Morgan fingerprint density at radius 1 is 1.03 bits per heavy atom. The van der Waals surface area contributed by atoms with Crippen LogP contribution in [0, 0.1) is 0 Å². The highest BCUT2D eigenvalue weighted by atomic mass is 32.2. The normalized spacial score (nSPS) is 18.1. The summed E-state index contributed by atoms with van der Waals surface area (Å²) in [6.45, 7) is 1.04. The third-order valence-electron chi connectivity index (χ3n) is 6.04. The molecule has 0 radical (unpaired) electrons. The zero-order valence-corrected chi connectivity index (χ0v) is 20.2. The summed E-state index contributed by atoms with van der Waals surface area (Å²) in [6.07, 6.45) is 1.72. The molecule has 0 aliphatic carbocycles. The first kappa shape index (κ1) is 22.8. The largest absolute Gasteiger partial charge is 0.497 e. The summed E-state index contributed by atoms with van der Waals surface area (Å²) in [5.74, 6) is 1.41. The van der Waals surface area contributed by atoms with Gasteiger partial charge in [-0.2, -0.15) is 9.40 Å². The number of carbonyl (C=O) groups excluding carboxylic acids is 1. The summed E-state index contributed by atoms with van der Waals surface area (Å²) >= 11 is 0. The minimum Gasteiger partial charge on any atom is -0.497 e. The number of ether oxygens (including phenoxy) is 1. The van der Waals surface area contributed by atoms with Gasteiger partial charge < -0.3 is 10.1 Å². The molecule has 1 saturated heterocycles. The van der Waals surface area contributed by atoms with Gasteiger partial charge in [-0.1, -0.05) is 0 Å². The highest BCUT2D eigenvalue weighted by Gasteiger charge is 2.29. The number of benzene rings is 2. The molecule has 1 fully saturated rings. The number of amides is 1. The van der Waals surface area contributed by atoms with Crippen molar-refractivity contribution < 1.29 is 22.2 Å². The van der Waals surface area contributed by atoms with E-state index in [2.05, 4.69) is 10.4 Å². The summed E-state index contributed by atoms with van der Waals surface area (Å²) in [6, 6.07) is 13.2. The molecule has 1 N–H and O–H groups in total. The lowest BCUT2D eigenvalue weighted by molar-refractivity contribution is 0.102. The van der Waals surface area contributed by atoms with Crippen molar-refractivity contribution in [2.24, 2.45) is 0 Å². The van der Waals surface area contributed by atoms with Crippen molar-refractivity contribution in [2.45, 2.75) is 29.2 Å².